The monoisotopic (exact) mass is 339 g/mol. The van der Waals surface area contributed by atoms with Crippen LogP contribution in [0, 0.1) is 5.82 Å². The molecule has 3 rings (SSSR count). The molecule has 130 valence electrons. The van der Waals surface area contributed by atoms with Gasteiger partial charge in [-0.15, -0.1) is 0 Å². The molecule has 0 aliphatic heterocycles. The predicted octanol–water partition coefficient (Wildman–Crippen LogP) is 4.83. The number of phenols is 2. The summed E-state index contributed by atoms with van der Waals surface area (Å²) < 4.78 is 12.0. The largest absolute Gasteiger partial charge is 0.508 e. The van der Waals surface area contributed by atoms with E-state index in [2.05, 4.69) is 13.8 Å². The topological polar surface area (TPSA) is 66.5 Å². The molecule has 0 heterocycles. The van der Waals surface area contributed by atoms with Crippen LogP contribution in [-0.2, 0) is 5.41 Å². The van der Waals surface area contributed by atoms with Crippen LogP contribution >= 0.6 is 0 Å². The average Bonchev–Trinajstić information content (AvgIpc) is 2.59. The van der Waals surface area contributed by atoms with E-state index in [0.29, 0.717) is 5.69 Å². The molecule has 0 aliphatic carbocycles. The smallest absolute Gasteiger partial charge is 0.123 e. The molecule has 3 aromatic rings. The van der Waals surface area contributed by atoms with Gasteiger partial charge < -0.3 is 15.9 Å². The Morgan fingerprint density at radius 3 is 1.36 bits per heavy atom. The Labute approximate surface area is 147 Å². The molecule has 0 aliphatic rings. The van der Waals surface area contributed by atoms with Gasteiger partial charge in [0.2, 0.25) is 0 Å². The van der Waals surface area contributed by atoms with Gasteiger partial charge in [-0.1, -0.05) is 38.1 Å². The number of hydrogen-bond donors (Lipinski definition) is 3. The van der Waals surface area contributed by atoms with Gasteiger partial charge in [0.15, 0.2) is 0 Å². The Hall–Kier alpha value is -3.01. The Bertz CT molecular complexity index is 726. The lowest BCUT2D eigenvalue weighted by Gasteiger charge is -2.26. The van der Waals surface area contributed by atoms with Gasteiger partial charge >= 0.3 is 0 Å². The lowest BCUT2D eigenvalue weighted by atomic mass is 9.78. The molecule has 4 N–H and O–H groups in total. The summed E-state index contributed by atoms with van der Waals surface area (Å²) in [4.78, 5) is 0. The highest BCUT2D eigenvalue weighted by molar-refractivity contribution is 5.41. The van der Waals surface area contributed by atoms with Gasteiger partial charge in [0.25, 0.3) is 0 Å². The van der Waals surface area contributed by atoms with E-state index in [9.17, 15) is 14.6 Å². The summed E-state index contributed by atoms with van der Waals surface area (Å²) in [5.41, 5.74) is 7.95. The van der Waals surface area contributed by atoms with Crippen molar-refractivity contribution in [2.24, 2.45) is 0 Å². The Morgan fingerprint density at radius 1 is 0.680 bits per heavy atom. The molecular weight excluding hydrogens is 317 g/mol. The Morgan fingerprint density at radius 2 is 1.04 bits per heavy atom. The first-order chi connectivity index (χ1) is 11.8. The van der Waals surface area contributed by atoms with Crippen molar-refractivity contribution >= 4 is 5.69 Å². The lowest BCUT2D eigenvalue weighted by Crippen LogP contribution is -2.18. The molecule has 0 aromatic heterocycles. The van der Waals surface area contributed by atoms with Crippen molar-refractivity contribution < 1.29 is 14.6 Å². The molecule has 0 saturated heterocycles. The third-order valence-corrected chi connectivity index (χ3v) is 4.05. The fourth-order valence-electron chi connectivity index (χ4n) is 2.39. The Kier molecular flexibility index (Phi) is 5.65. The molecule has 0 saturated carbocycles. The minimum atomic E-state index is -0.251. The highest BCUT2D eigenvalue weighted by Crippen LogP contribution is 2.32. The van der Waals surface area contributed by atoms with E-state index in [4.69, 9.17) is 5.73 Å². The molecule has 0 radical (unpaired) electrons. The van der Waals surface area contributed by atoms with Gasteiger partial charge in [-0.2, -0.15) is 0 Å². The number of hydrogen-bond acceptors (Lipinski definition) is 3. The number of benzene rings is 3. The predicted molar refractivity (Wildman–Crippen MR) is 99.2 cm³/mol. The van der Waals surface area contributed by atoms with Crippen molar-refractivity contribution in [2.75, 3.05) is 5.73 Å². The van der Waals surface area contributed by atoms with Gasteiger partial charge in [0.05, 0.1) is 0 Å². The van der Waals surface area contributed by atoms with Crippen molar-refractivity contribution in [3.63, 3.8) is 0 Å². The lowest BCUT2D eigenvalue weighted by molar-refractivity contribution is 0.474. The normalized spacial score (nSPS) is 10.7. The molecule has 0 fully saturated rings. The van der Waals surface area contributed by atoms with Crippen molar-refractivity contribution in [1.82, 2.24) is 0 Å². The molecule has 0 unspecified atom stereocenters. The summed E-state index contributed by atoms with van der Waals surface area (Å²) >= 11 is 0. The first-order valence-corrected chi connectivity index (χ1v) is 7.89. The second kappa shape index (κ2) is 7.71. The van der Waals surface area contributed by atoms with Crippen LogP contribution in [0.5, 0.6) is 11.5 Å². The number of halogens is 1. The van der Waals surface area contributed by atoms with E-state index in [1.54, 1.807) is 24.3 Å². The van der Waals surface area contributed by atoms with Crippen molar-refractivity contribution in [3.8, 4) is 11.5 Å². The molecule has 0 atom stereocenters. The first kappa shape index (κ1) is 18.3. The minimum Gasteiger partial charge on any atom is -0.508 e. The molecule has 4 heteroatoms. The van der Waals surface area contributed by atoms with Crippen LogP contribution in [0.15, 0.2) is 72.8 Å². The first-order valence-electron chi connectivity index (χ1n) is 7.89. The van der Waals surface area contributed by atoms with Crippen LogP contribution in [0.4, 0.5) is 10.1 Å². The van der Waals surface area contributed by atoms with Crippen molar-refractivity contribution in [1.29, 1.82) is 0 Å². The molecule has 25 heavy (non-hydrogen) atoms. The molecular formula is C21H22FNO2. The van der Waals surface area contributed by atoms with Gasteiger partial charge in [0, 0.05) is 11.1 Å². The zero-order valence-corrected chi connectivity index (χ0v) is 14.3. The van der Waals surface area contributed by atoms with Crippen LogP contribution in [0.25, 0.3) is 0 Å². The quantitative estimate of drug-likeness (QED) is 0.586. The van der Waals surface area contributed by atoms with Gasteiger partial charge in [-0.3, -0.25) is 0 Å². The number of phenolic OH excluding ortho intramolecular Hbond substituents is 2. The van der Waals surface area contributed by atoms with Crippen LogP contribution in [0.1, 0.15) is 25.0 Å². The molecule has 0 amide bonds. The van der Waals surface area contributed by atoms with Gasteiger partial charge in [0.1, 0.15) is 17.3 Å². The maximum atomic E-state index is 12.0. The zero-order chi connectivity index (χ0) is 18.4. The van der Waals surface area contributed by atoms with Crippen LogP contribution in [0.3, 0.4) is 0 Å². The summed E-state index contributed by atoms with van der Waals surface area (Å²) in [6.07, 6.45) is 0. The van der Waals surface area contributed by atoms with Crippen LogP contribution < -0.4 is 5.73 Å². The molecule has 0 spiro atoms. The number of anilines is 1. The summed E-state index contributed by atoms with van der Waals surface area (Å²) in [5.74, 6) is 0.296. The average molecular weight is 339 g/mol. The van der Waals surface area contributed by atoms with Gasteiger partial charge in [-0.25, -0.2) is 4.39 Å². The standard InChI is InChI=1S/C15H16O2.C6H6FN/c1-15(2,11-3-7-13(16)8-4-11)12-5-9-14(17)10-6-12;7-5-1-3-6(8)4-2-5/h3-10,16-17H,1-2H3;1-4H,8H2. The fourth-order valence-corrected chi connectivity index (χ4v) is 2.39. The second-order valence-corrected chi connectivity index (χ2v) is 6.27. The maximum Gasteiger partial charge on any atom is 0.123 e. The molecule has 3 aromatic carbocycles. The third-order valence-electron chi connectivity index (χ3n) is 4.05. The number of nitrogen functional groups attached to an aromatic ring is 1. The highest BCUT2D eigenvalue weighted by atomic mass is 19.1. The maximum absolute atomic E-state index is 12.0. The summed E-state index contributed by atoms with van der Waals surface area (Å²) in [6.45, 7) is 4.23. The second-order valence-electron chi connectivity index (χ2n) is 6.27. The summed E-state index contributed by atoms with van der Waals surface area (Å²) in [7, 11) is 0. The number of nitrogens with two attached hydrogens (primary N) is 1. The number of rotatable bonds is 2. The van der Waals surface area contributed by atoms with E-state index in [1.807, 2.05) is 24.3 Å². The minimum absolute atomic E-state index is 0.151. The SMILES string of the molecule is CC(C)(c1ccc(O)cc1)c1ccc(O)cc1.Nc1ccc(F)cc1. The summed E-state index contributed by atoms with van der Waals surface area (Å²) in [5, 5.41) is 18.6. The van der Waals surface area contributed by atoms with Crippen molar-refractivity contribution in [2.45, 2.75) is 19.3 Å². The third kappa shape index (κ3) is 4.98. The van der Waals surface area contributed by atoms with E-state index >= 15 is 0 Å². The highest BCUT2D eigenvalue weighted by Gasteiger charge is 2.22. The van der Waals surface area contributed by atoms with E-state index in [1.165, 1.54) is 24.3 Å². The van der Waals surface area contributed by atoms with Crippen LogP contribution in [-0.4, -0.2) is 10.2 Å². The zero-order valence-electron chi connectivity index (χ0n) is 14.3. The summed E-state index contributed by atoms with van der Waals surface area (Å²) in [6, 6.07) is 20.1. The van der Waals surface area contributed by atoms with Gasteiger partial charge in [-0.05, 0) is 59.7 Å². The van der Waals surface area contributed by atoms with E-state index in [0.717, 1.165) is 11.1 Å². The molecule has 3 nitrogen and oxygen atoms in total. The van der Waals surface area contributed by atoms with E-state index in [-0.39, 0.29) is 22.7 Å². The molecule has 0 bridgehead atoms. The van der Waals surface area contributed by atoms with Crippen LogP contribution in [0.2, 0.25) is 0 Å². The fraction of sp³-hybridized carbons (Fsp3) is 0.143. The number of aromatic hydroxyl groups is 2. The Balaban J connectivity index is 0.000000236. The van der Waals surface area contributed by atoms with E-state index < -0.39 is 0 Å². The van der Waals surface area contributed by atoms with Crippen molar-refractivity contribution in [3.05, 3.63) is 89.7 Å².